The van der Waals surface area contributed by atoms with Crippen LogP contribution in [0.15, 0.2) is 41.8 Å². The second kappa shape index (κ2) is 8.12. The number of hydrogen-bond acceptors (Lipinski definition) is 4. The Hall–Kier alpha value is -1.40. The van der Waals surface area contributed by atoms with Gasteiger partial charge in [0.2, 0.25) is 0 Å². The molecule has 2 heterocycles. The lowest BCUT2D eigenvalue weighted by Crippen LogP contribution is -2.48. The summed E-state index contributed by atoms with van der Waals surface area (Å²) in [6.07, 6.45) is 0. The van der Waals surface area contributed by atoms with Crippen LogP contribution in [-0.2, 0) is 4.74 Å². The predicted octanol–water partition coefficient (Wildman–Crippen LogP) is 3.59. The molecule has 4 nitrogen and oxygen atoms in total. The maximum absolute atomic E-state index is 12.6. The van der Waals surface area contributed by atoms with E-state index in [1.165, 1.54) is 4.88 Å². The van der Waals surface area contributed by atoms with Gasteiger partial charge in [-0.15, -0.1) is 11.3 Å². The number of thiophene rings is 1. The number of halogens is 1. The number of carbonyl (C=O) groups excluding carboxylic acids is 1. The van der Waals surface area contributed by atoms with Gasteiger partial charge in [-0.2, -0.15) is 0 Å². The van der Waals surface area contributed by atoms with Gasteiger partial charge in [-0.1, -0.05) is 23.7 Å². The van der Waals surface area contributed by atoms with Gasteiger partial charge in [0.05, 0.1) is 19.3 Å². The number of nitrogens with one attached hydrogen (secondary N) is 1. The third-order valence-electron chi connectivity index (χ3n) is 4.19. The summed E-state index contributed by atoms with van der Waals surface area (Å²) in [6.45, 7) is 5.27. The maximum atomic E-state index is 12.6. The molecule has 1 aromatic carbocycles. The van der Waals surface area contributed by atoms with E-state index in [0.29, 0.717) is 10.6 Å². The molecule has 3 rings (SSSR count). The Morgan fingerprint density at radius 3 is 2.75 bits per heavy atom. The van der Waals surface area contributed by atoms with Gasteiger partial charge in [0.25, 0.3) is 5.91 Å². The number of amides is 1. The van der Waals surface area contributed by atoms with E-state index < -0.39 is 0 Å². The molecule has 6 heteroatoms. The number of hydrogen-bond donors (Lipinski definition) is 1. The van der Waals surface area contributed by atoms with Crippen molar-refractivity contribution in [3.05, 3.63) is 57.2 Å². The van der Waals surface area contributed by atoms with Crippen molar-refractivity contribution in [2.75, 3.05) is 26.3 Å². The summed E-state index contributed by atoms with van der Waals surface area (Å²) in [5, 5.41) is 5.78. The first-order chi connectivity index (χ1) is 11.6. The van der Waals surface area contributed by atoms with E-state index in [2.05, 4.69) is 34.7 Å². The lowest BCUT2D eigenvalue weighted by Gasteiger charge is -2.37. The lowest BCUT2D eigenvalue weighted by molar-refractivity contribution is 0.00969. The zero-order valence-electron chi connectivity index (χ0n) is 13.6. The summed E-state index contributed by atoms with van der Waals surface area (Å²) >= 11 is 7.71. The second-order valence-electron chi connectivity index (χ2n) is 5.88. The van der Waals surface area contributed by atoms with Crippen LogP contribution < -0.4 is 5.32 Å². The smallest absolute Gasteiger partial charge is 0.251 e. The molecule has 1 aromatic heterocycles. The number of rotatable bonds is 5. The van der Waals surface area contributed by atoms with E-state index in [1.807, 2.05) is 0 Å². The van der Waals surface area contributed by atoms with Crippen LogP contribution in [0.5, 0.6) is 0 Å². The summed E-state index contributed by atoms with van der Waals surface area (Å²) in [6, 6.07) is 11.3. The quantitative estimate of drug-likeness (QED) is 0.881. The molecule has 0 aliphatic carbocycles. The molecule has 2 atom stereocenters. The predicted molar refractivity (Wildman–Crippen MR) is 97.8 cm³/mol. The van der Waals surface area contributed by atoms with Crippen molar-refractivity contribution in [1.29, 1.82) is 0 Å². The molecule has 0 unspecified atom stereocenters. The van der Waals surface area contributed by atoms with Crippen LogP contribution in [0.3, 0.4) is 0 Å². The molecule has 1 N–H and O–H groups in total. The molecule has 1 aliphatic heterocycles. The topological polar surface area (TPSA) is 41.6 Å². The minimum Gasteiger partial charge on any atom is -0.379 e. The van der Waals surface area contributed by atoms with E-state index in [9.17, 15) is 4.79 Å². The van der Waals surface area contributed by atoms with Gasteiger partial charge in [0, 0.05) is 34.6 Å². The minimum absolute atomic E-state index is 0.0202. The van der Waals surface area contributed by atoms with Crippen molar-refractivity contribution in [3.63, 3.8) is 0 Å². The van der Waals surface area contributed by atoms with Gasteiger partial charge in [0.1, 0.15) is 0 Å². The van der Waals surface area contributed by atoms with E-state index in [0.717, 1.165) is 26.3 Å². The van der Waals surface area contributed by atoms with E-state index >= 15 is 0 Å². The fourth-order valence-corrected chi connectivity index (χ4v) is 4.21. The Kier molecular flexibility index (Phi) is 5.89. The fourth-order valence-electron chi connectivity index (χ4n) is 3.06. The average Bonchev–Trinajstić information content (AvgIpc) is 3.10. The van der Waals surface area contributed by atoms with Crippen LogP contribution in [0.4, 0.5) is 0 Å². The number of benzene rings is 1. The van der Waals surface area contributed by atoms with Gasteiger partial charge >= 0.3 is 0 Å². The van der Waals surface area contributed by atoms with Gasteiger partial charge in [0.15, 0.2) is 0 Å². The molecular formula is C18H21ClN2O2S. The summed E-state index contributed by atoms with van der Waals surface area (Å²) < 4.78 is 5.47. The Balaban J connectivity index is 1.75. The Morgan fingerprint density at radius 1 is 1.29 bits per heavy atom. The molecule has 0 saturated carbocycles. The molecule has 128 valence electrons. The number of nitrogens with zero attached hydrogens (tertiary/aromatic N) is 1. The summed E-state index contributed by atoms with van der Waals surface area (Å²) in [5.41, 5.74) is 0.584. The molecule has 2 aromatic rings. The fraction of sp³-hybridized carbons (Fsp3) is 0.389. The molecule has 1 saturated heterocycles. The van der Waals surface area contributed by atoms with Crippen molar-refractivity contribution in [2.24, 2.45) is 0 Å². The van der Waals surface area contributed by atoms with Crippen molar-refractivity contribution in [2.45, 2.75) is 19.0 Å². The maximum Gasteiger partial charge on any atom is 0.251 e. The molecular weight excluding hydrogens is 344 g/mol. The first-order valence-corrected chi connectivity index (χ1v) is 9.32. The van der Waals surface area contributed by atoms with Crippen molar-refractivity contribution in [1.82, 2.24) is 10.2 Å². The standard InChI is InChI=1S/C18H21ClN2O2S/c1-13(20-18(22)14-4-2-5-15(19)12-14)17(16-6-3-11-24-16)21-7-9-23-10-8-21/h2-6,11-13,17H,7-10H2,1H3,(H,20,22)/t13-,17+/m0/s1. The van der Waals surface area contributed by atoms with Gasteiger partial charge in [-0.05, 0) is 36.6 Å². The number of ether oxygens (including phenoxy) is 1. The highest BCUT2D eigenvalue weighted by Gasteiger charge is 2.29. The Morgan fingerprint density at radius 2 is 2.08 bits per heavy atom. The van der Waals surface area contributed by atoms with Crippen LogP contribution in [-0.4, -0.2) is 43.2 Å². The van der Waals surface area contributed by atoms with Gasteiger partial charge < -0.3 is 10.1 Å². The van der Waals surface area contributed by atoms with Crippen LogP contribution in [0.2, 0.25) is 5.02 Å². The van der Waals surface area contributed by atoms with Crippen LogP contribution in [0, 0.1) is 0 Å². The highest BCUT2D eigenvalue weighted by atomic mass is 35.5. The van der Waals surface area contributed by atoms with Crippen molar-refractivity contribution < 1.29 is 9.53 Å². The average molecular weight is 365 g/mol. The lowest BCUT2D eigenvalue weighted by atomic mass is 10.0. The SMILES string of the molecule is C[C@H](NC(=O)c1cccc(Cl)c1)[C@H](c1cccs1)N1CCOCC1. The Labute approximate surface area is 151 Å². The zero-order valence-corrected chi connectivity index (χ0v) is 15.1. The first kappa shape index (κ1) is 17.4. The Bertz CT molecular complexity index is 671. The molecule has 1 aliphatic rings. The van der Waals surface area contributed by atoms with Crippen LogP contribution in [0.25, 0.3) is 0 Å². The third-order valence-corrected chi connectivity index (χ3v) is 5.37. The minimum atomic E-state index is -0.0974. The summed E-state index contributed by atoms with van der Waals surface area (Å²) in [7, 11) is 0. The molecule has 1 fully saturated rings. The molecule has 0 bridgehead atoms. The van der Waals surface area contributed by atoms with Gasteiger partial charge in [-0.25, -0.2) is 0 Å². The highest BCUT2D eigenvalue weighted by Crippen LogP contribution is 2.29. The van der Waals surface area contributed by atoms with Crippen molar-refractivity contribution >= 4 is 28.8 Å². The molecule has 1 amide bonds. The highest BCUT2D eigenvalue weighted by molar-refractivity contribution is 7.10. The number of morpholine rings is 1. The monoisotopic (exact) mass is 364 g/mol. The second-order valence-corrected chi connectivity index (χ2v) is 7.30. The summed E-state index contributed by atoms with van der Waals surface area (Å²) in [4.78, 5) is 16.2. The zero-order chi connectivity index (χ0) is 16.9. The largest absolute Gasteiger partial charge is 0.379 e. The third kappa shape index (κ3) is 4.16. The number of carbonyl (C=O) groups is 1. The van der Waals surface area contributed by atoms with E-state index in [1.54, 1.807) is 35.6 Å². The normalized spacial score (nSPS) is 18.1. The van der Waals surface area contributed by atoms with E-state index in [4.69, 9.17) is 16.3 Å². The molecule has 0 spiro atoms. The van der Waals surface area contributed by atoms with Gasteiger partial charge in [-0.3, -0.25) is 9.69 Å². The van der Waals surface area contributed by atoms with Crippen molar-refractivity contribution in [3.8, 4) is 0 Å². The molecule has 24 heavy (non-hydrogen) atoms. The van der Waals surface area contributed by atoms with Crippen LogP contribution in [0.1, 0.15) is 28.2 Å². The molecule has 0 radical (unpaired) electrons. The van der Waals surface area contributed by atoms with E-state index in [-0.39, 0.29) is 18.0 Å². The first-order valence-electron chi connectivity index (χ1n) is 8.07. The summed E-state index contributed by atoms with van der Waals surface area (Å²) in [5.74, 6) is -0.0974. The van der Waals surface area contributed by atoms with Crippen LogP contribution >= 0.6 is 22.9 Å².